The number of thioether (sulfide) groups is 1. The van der Waals surface area contributed by atoms with Crippen LogP contribution in [0.5, 0.6) is 0 Å². The lowest BCUT2D eigenvalue weighted by molar-refractivity contribution is 0.627. The van der Waals surface area contributed by atoms with E-state index in [-0.39, 0.29) is 5.82 Å². The van der Waals surface area contributed by atoms with Crippen molar-refractivity contribution < 1.29 is 4.39 Å². The van der Waals surface area contributed by atoms with Gasteiger partial charge < -0.3 is 5.73 Å². The van der Waals surface area contributed by atoms with Gasteiger partial charge in [0.1, 0.15) is 5.82 Å². The summed E-state index contributed by atoms with van der Waals surface area (Å²) >= 11 is 13.6. The molecule has 0 aliphatic heterocycles. The third kappa shape index (κ3) is 3.31. The maximum atomic E-state index is 12.9. The quantitative estimate of drug-likeness (QED) is 0.637. The summed E-state index contributed by atoms with van der Waals surface area (Å²) in [6.07, 6.45) is 0. The van der Waals surface area contributed by atoms with E-state index >= 15 is 0 Å². The molecule has 1 nitrogen and oxygen atoms in total. The minimum Gasteiger partial charge on any atom is -0.399 e. The molecule has 0 bridgehead atoms. The Morgan fingerprint density at radius 3 is 2.50 bits per heavy atom. The number of halogens is 3. The Morgan fingerprint density at radius 1 is 1.06 bits per heavy atom. The number of hydrogen-bond acceptors (Lipinski definition) is 2. The Morgan fingerprint density at radius 2 is 1.83 bits per heavy atom. The Kier molecular flexibility index (Phi) is 4.38. The first-order valence-electron chi connectivity index (χ1n) is 5.18. The molecule has 0 aliphatic carbocycles. The van der Waals surface area contributed by atoms with Crippen LogP contribution in [0.3, 0.4) is 0 Å². The zero-order valence-corrected chi connectivity index (χ0v) is 11.6. The highest BCUT2D eigenvalue weighted by Crippen LogP contribution is 2.32. The molecule has 2 N–H and O–H groups in total. The van der Waals surface area contributed by atoms with Crippen molar-refractivity contribution >= 4 is 40.7 Å². The van der Waals surface area contributed by atoms with E-state index in [1.54, 1.807) is 18.2 Å². The average molecular weight is 302 g/mol. The Bertz CT molecular complexity index is 523. The lowest BCUT2D eigenvalue weighted by atomic mass is 10.2. The number of nitrogen functional groups attached to an aromatic ring is 1. The first-order valence-corrected chi connectivity index (χ1v) is 6.92. The molecule has 0 heterocycles. The molecular weight excluding hydrogens is 292 g/mol. The second kappa shape index (κ2) is 5.83. The molecular formula is C13H10Cl2FNS. The van der Waals surface area contributed by atoms with Crippen molar-refractivity contribution in [2.45, 2.75) is 10.6 Å². The number of anilines is 1. The molecule has 2 aromatic carbocycles. The van der Waals surface area contributed by atoms with Crippen molar-refractivity contribution in [3.8, 4) is 0 Å². The zero-order chi connectivity index (χ0) is 13.1. The molecule has 5 heteroatoms. The van der Waals surface area contributed by atoms with Crippen LogP contribution in [-0.4, -0.2) is 0 Å². The highest BCUT2D eigenvalue weighted by atomic mass is 35.5. The standard InChI is InChI=1S/C13H10Cl2FNS/c14-11-5-9(16)2-1-8(11)7-18-13-4-3-10(17)6-12(13)15/h1-6H,7,17H2. The molecule has 0 saturated heterocycles. The predicted octanol–water partition coefficient (Wildman–Crippen LogP) is 5.01. The summed E-state index contributed by atoms with van der Waals surface area (Å²) in [4.78, 5) is 0.922. The average Bonchev–Trinajstić information content (AvgIpc) is 2.30. The topological polar surface area (TPSA) is 26.0 Å². The van der Waals surface area contributed by atoms with Gasteiger partial charge in [-0.1, -0.05) is 29.3 Å². The molecule has 0 amide bonds. The molecule has 0 atom stereocenters. The summed E-state index contributed by atoms with van der Waals surface area (Å²) in [5.74, 6) is 0.294. The largest absolute Gasteiger partial charge is 0.399 e. The third-order valence-electron chi connectivity index (χ3n) is 2.35. The molecule has 0 radical (unpaired) electrons. The summed E-state index contributed by atoms with van der Waals surface area (Å²) in [6.45, 7) is 0. The zero-order valence-electron chi connectivity index (χ0n) is 9.29. The van der Waals surface area contributed by atoms with Gasteiger partial charge in [0.15, 0.2) is 0 Å². The molecule has 2 aromatic rings. The summed E-state index contributed by atoms with van der Waals surface area (Å²) in [6, 6.07) is 9.74. The van der Waals surface area contributed by atoms with Crippen LogP contribution in [0.15, 0.2) is 41.3 Å². The third-order valence-corrected chi connectivity index (χ3v) is 4.25. The van der Waals surface area contributed by atoms with Crippen LogP contribution in [0.4, 0.5) is 10.1 Å². The number of hydrogen-bond donors (Lipinski definition) is 1. The molecule has 18 heavy (non-hydrogen) atoms. The Labute approximate surface area is 119 Å². The monoisotopic (exact) mass is 301 g/mol. The lowest BCUT2D eigenvalue weighted by Gasteiger charge is -2.06. The van der Waals surface area contributed by atoms with Crippen LogP contribution in [0, 0.1) is 5.82 Å². The van der Waals surface area contributed by atoms with Crippen molar-refractivity contribution in [1.82, 2.24) is 0 Å². The van der Waals surface area contributed by atoms with E-state index in [1.165, 1.54) is 23.9 Å². The van der Waals surface area contributed by atoms with Gasteiger partial charge in [0, 0.05) is 21.4 Å². The van der Waals surface area contributed by atoms with E-state index < -0.39 is 0 Å². The summed E-state index contributed by atoms with van der Waals surface area (Å²) in [5.41, 5.74) is 7.12. The van der Waals surface area contributed by atoms with Crippen molar-refractivity contribution in [3.05, 3.63) is 57.8 Å². The van der Waals surface area contributed by atoms with Crippen LogP contribution in [0.1, 0.15) is 5.56 Å². The normalized spacial score (nSPS) is 10.6. The van der Waals surface area contributed by atoms with Crippen LogP contribution >= 0.6 is 35.0 Å². The molecule has 0 saturated carbocycles. The molecule has 0 aliphatic rings. The first kappa shape index (κ1) is 13.5. The van der Waals surface area contributed by atoms with E-state index in [0.717, 1.165) is 10.5 Å². The van der Waals surface area contributed by atoms with Gasteiger partial charge >= 0.3 is 0 Å². The van der Waals surface area contributed by atoms with Gasteiger partial charge in [-0.2, -0.15) is 0 Å². The second-order valence-electron chi connectivity index (χ2n) is 3.71. The Hall–Kier alpha value is -0.900. The highest BCUT2D eigenvalue weighted by molar-refractivity contribution is 7.98. The highest BCUT2D eigenvalue weighted by Gasteiger charge is 2.05. The molecule has 94 valence electrons. The van der Waals surface area contributed by atoms with E-state index in [1.807, 2.05) is 6.07 Å². The van der Waals surface area contributed by atoms with Gasteiger partial charge in [0.25, 0.3) is 0 Å². The van der Waals surface area contributed by atoms with Crippen molar-refractivity contribution in [1.29, 1.82) is 0 Å². The molecule has 0 unspecified atom stereocenters. The number of rotatable bonds is 3. The van der Waals surface area contributed by atoms with E-state index in [2.05, 4.69) is 0 Å². The van der Waals surface area contributed by atoms with Crippen LogP contribution < -0.4 is 5.73 Å². The fourth-order valence-corrected chi connectivity index (χ4v) is 3.02. The molecule has 2 rings (SSSR count). The molecule has 0 spiro atoms. The maximum Gasteiger partial charge on any atom is 0.124 e. The van der Waals surface area contributed by atoms with E-state index in [4.69, 9.17) is 28.9 Å². The fourth-order valence-electron chi connectivity index (χ4n) is 1.43. The van der Waals surface area contributed by atoms with Gasteiger partial charge in [0.2, 0.25) is 0 Å². The first-order chi connectivity index (χ1) is 8.56. The fraction of sp³-hybridized carbons (Fsp3) is 0.0769. The lowest BCUT2D eigenvalue weighted by Crippen LogP contribution is -1.87. The maximum absolute atomic E-state index is 12.9. The number of nitrogens with two attached hydrogens (primary N) is 1. The minimum absolute atomic E-state index is 0.334. The second-order valence-corrected chi connectivity index (χ2v) is 5.55. The van der Waals surface area contributed by atoms with Gasteiger partial charge in [0.05, 0.1) is 5.02 Å². The van der Waals surface area contributed by atoms with Crippen molar-refractivity contribution in [2.24, 2.45) is 0 Å². The summed E-state index contributed by atoms with van der Waals surface area (Å²) in [5, 5.41) is 1.03. The Balaban J connectivity index is 2.11. The van der Waals surface area contributed by atoms with Crippen LogP contribution in [0.2, 0.25) is 10.0 Å². The van der Waals surface area contributed by atoms with E-state index in [9.17, 15) is 4.39 Å². The number of benzene rings is 2. The molecule has 0 aromatic heterocycles. The smallest absolute Gasteiger partial charge is 0.124 e. The van der Waals surface area contributed by atoms with Gasteiger partial charge in [-0.05, 0) is 35.9 Å². The minimum atomic E-state index is -0.334. The van der Waals surface area contributed by atoms with Crippen LogP contribution in [0.25, 0.3) is 0 Å². The summed E-state index contributed by atoms with van der Waals surface area (Å²) < 4.78 is 12.9. The van der Waals surface area contributed by atoms with Crippen molar-refractivity contribution in [3.63, 3.8) is 0 Å². The SMILES string of the molecule is Nc1ccc(SCc2ccc(F)cc2Cl)c(Cl)c1. The molecule has 0 fully saturated rings. The summed E-state index contributed by atoms with van der Waals surface area (Å²) in [7, 11) is 0. The van der Waals surface area contributed by atoms with Gasteiger partial charge in [-0.3, -0.25) is 0 Å². The predicted molar refractivity (Wildman–Crippen MR) is 76.8 cm³/mol. The van der Waals surface area contributed by atoms with Gasteiger partial charge in [-0.25, -0.2) is 4.39 Å². The van der Waals surface area contributed by atoms with E-state index in [0.29, 0.717) is 21.5 Å². The van der Waals surface area contributed by atoms with Crippen LogP contribution in [-0.2, 0) is 5.75 Å². The van der Waals surface area contributed by atoms with Gasteiger partial charge in [-0.15, -0.1) is 11.8 Å². The van der Waals surface area contributed by atoms with Crippen molar-refractivity contribution in [2.75, 3.05) is 5.73 Å².